The van der Waals surface area contributed by atoms with Gasteiger partial charge >= 0.3 is 0 Å². The lowest BCUT2D eigenvalue weighted by molar-refractivity contribution is 0.0998. The molecule has 0 radical (unpaired) electrons. The van der Waals surface area contributed by atoms with Crippen molar-refractivity contribution in [2.45, 2.75) is 11.9 Å². The Balaban J connectivity index is 2.81. The highest BCUT2D eigenvalue weighted by molar-refractivity contribution is 7.89. The fourth-order valence-corrected chi connectivity index (χ4v) is 3.00. The summed E-state index contributed by atoms with van der Waals surface area (Å²) >= 11 is 0. The van der Waals surface area contributed by atoms with Gasteiger partial charge in [0.1, 0.15) is 5.56 Å². The molecule has 2 aromatic heterocycles. The van der Waals surface area contributed by atoms with Crippen LogP contribution in [0, 0.1) is 0 Å². The normalized spacial score (nSPS) is 12.2. The molecule has 2 aromatic rings. The molecule has 0 aliphatic rings. The van der Waals surface area contributed by atoms with E-state index in [0.29, 0.717) is 5.52 Å². The number of pyridine rings is 1. The van der Waals surface area contributed by atoms with Crippen LogP contribution in [0.25, 0.3) is 5.52 Å². The van der Waals surface area contributed by atoms with Gasteiger partial charge in [0.05, 0.1) is 5.52 Å². The van der Waals surface area contributed by atoms with Gasteiger partial charge in [0.15, 0.2) is 0 Å². The summed E-state index contributed by atoms with van der Waals surface area (Å²) in [6.07, 6.45) is 1.56. The van der Waals surface area contributed by atoms with Crippen molar-refractivity contribution in [1.29, 1.82) is 0 Å². The highest BCUT2D eigenvalue weighted by Crippen LogP contribution is 2.22. The number of hydrogen-bond acceptors (Lipinski definition) is 4. The van der Waals surface area contributed by atoms with E-state index in [1.54, 1.807) is 31.3 Å². The zero-order valence-electron chi connectivity index (χ0n) is 10.6. The number of fused-ring (bicyclic) bond motifs is 1. The lowest BCUT2D eigenvalue weighted by Gasteiger charge is -2.13. The van der Waals surface area contributed by atoms with Gasteiger partial charge in [0, 0.05) is 19.8 Å². The van der Waals surface area contributed by atoms with E-state index in [1.807, 2.05) is 0 Å². The monoisotopic (exact) mass is 282 g/mol. The Labute approximate surface area is 110 Å². The Morgan fingerprint density at radius 3 is 2.74 bits per heavy atom. The van der Waals surface area contributed by atoms with E-state index < -0.39 is 15.9 Å². The number of rotatable bonds is 4. The maximum atomic E-state index is 12.3. The van der Waals surface area contributed by atoms with Crippen LogP contribution in [0.4, 0.5) is 0 Å². The predicted octanol–water partition coefficient (Wildman–Crippen LogP) is 0.0736. The molecule has 0 saturated heterocycles. The van der Waals surface area contributed by atoms with Crippen LogP contribution in [0.2, 0.25) is 0 Å². The van der Waals surface area contributed by atoms with Crippen molar-refractivity contribution >= 4 is 21.4 Å². The van der Waals surface area contributed by atoms with E-state index in [4.69, 9.17) is 5.73 Å². The van der Waals surface area contributed by atoms with Gasteiger partial charge in [-0.25, -0.2) is 12.9 Å². The van der Waals surface area contributed by atoms with Crippen molar-refractivity contribution in [1.82, 2.24) is 13.9 Å². The topological polar surface area (TPSA) is 97.8 Å². The minimum absolute atomic E-state index is 0.0825. The molecule has 7 nitrogen and oxygen atoms in total. The first-order valence-corrected chi connectivity index (χ1v) is 7.07. The molecular formula is C11H14N4O3S. The Hall–Kier alpha value is -1.93. The number of hydrogen-bond donors (Lipinski definition) is 1. The van der Waals surface area contributed by atoms with E-state index in [-0.39, 0.29) is 17.1 Å². The summed E-state index contributed by atoms with van der Waals surface area (Å²) in [5.74, 6) is -0.815. The third-order valence-corrected chi connectivity index (χ3v) is 4.71. The second-order valence-electron chi connectivity index (χ2n) is 3.99. The van der Waals surface area contributed by atoms with E-state index in [1.165, 1.54) is 11.6 Å². The zero-order chi connectivity index (χ0) is 14.2. The highest BCUT2D eigenvalue weighted by Gasteiger charge is 2.30. The quantitative estimate of drug-likeness (QED) is 0.858. The van der Waals surface area contributed by atoms with Crippen molar-refractivity contribution in [2.24, 2.45) is 5.73 Å². The summed E-state index contributed by atoms with van der Waals surface area (Å²) in [6.45, 7) is 1.96. The number of amides is 1. The second-order valence-corrected chi connectivity index (χ2v) is 5.95. The van der Waals surface area contributed by atoms with Crippen LogP contribution in [0.1, 0.15) is 17.3 Å². The number of carbonyl (C=O) groups excluding carboxylic acids is 1. The van der Waals surface area contributed by atoms with Gasteiger partial charge in [-0.3, -0.25) is 4.79 Å². The van der Waals surface area contributed by atoms with Crippen molar-refractivity contribution in [3.05, 3.63) is 30.0 Å². The van der Waals surface area contributed by atoms with Crippen LogP contribution in [0.5, 0.6) is 0 Å². The lowest BCUT2D eigenvalue weighted by Crippen LogP contribution is -2.29. The number of nitrogens with two attached hydrogens (primary N) is 1. The molecule has 0 atom stereocenters. The summed E-state index contributed by atoms with van der Waals surface area (Å²) in [7, 11) is -2.41. The van der Waals surface area contributed by atoms with Crippen LogP contribution in [-0.4, -0.2) is 41.8 Å². The number of carbonyl (C=O) groups is 1. The van der Waals surface area contributed by atoms with E-state index in [2.05, 4.69) is 5.10 Å². The van der Waals surface area contributed by atoms with E-state index >= 15 is 0 Å². The van der Waals surface area contributed by atoms with Gasteiger partial charge in [0.2, 0.25) is 5.03 Å². The molecule has 0 aliphatic carbocycles. The van der Waals surface area contributed by atoms with E-state index in [9.17, 15) is 13.2 Å². The van der Waals surface area contributed by atoms with Crippen LogP contribution < -0.4 is 5.73 Å². The molecule has 1 amide bonds. The molecule has 0 saturated carbocycles. The zero-order valence-corrected chi connectivity index (χ0v) is 11.4. The maximum absolute atomic E-state index is 12.3. The SMILES string of the molecule is CCN(C)S(=O)(=O)c1nn2ccccc2c1C(N)=O. The molecular weight excluding hydrogens is 268 g/mol. The highest BCUT2D eigenvalue weighted by atomic mass is 32.2. The second kappa shape index (κ2) is 4.63. The van der Waals surface area contributed by atoms with Crippen LogP contribution in [-0.2, 0) is 10.0 Å². The minimum atomic E-state index is -3.83. The third kappa shape index (κ3) is 2.08. The number of nitrogens with zero attached hydrogens (tertiary/aromatic N) is 3. The largest absolute Gasteiger partial charge is 0.365 e. The average molecular weight is 282 g/mol. The first kappa shape index (κ1) is 13.5. The number of primary amides is 1. The summed E-state index contributed by atoms with van der Waals surface area (Å²) in [5, 5.41) is 3.65. The average Bonchev–Trinajstić information content (AvgIpc) is 2.77. The molecule has 2 rings (SSSR count). The predicted molar refractivity (Wildman–Crippen MR) is 69.2 cm³/mol. The van der Waals surface area contributed by atoms with Gasteiger partial charge in [-0.2, -0.15) is 9.40 Å². The number of aromatic nitrogens is 2. The van der Waals surface area contributed by atoms with Crippen LogP contribution in [0.3, 0.4) is 0 Å². The minimum Gasteiger partial charge on any atom is -0.365 e. The molecule has 8 heteroatoms. The summed E-state index contributed by atoms with van der Waals surface area (Å²) in [6, 6.07) is 4.96. The fourth-order valence-electron chi connectivity index (χ4n) is 1.71. The summed E-state index contributed by atoms with van der Waals surface area (Å²) in [4.78, 5) is 11.5. The molecule has 19 heavy (non-hydrogen) atoms. The van der Waals surface area contributed by atoms with Crippen LogP contribution in [0.15, 0.2) is 29.4 Å². The molecule has 2 heterocycles. The summed E-state index contributed by atoms with van der Waals surface area (Å²) < 4.78 is 27.0. The number of sulfonamides is 1. The third-order valence-electron chi connectivity index (χ3n) is 2.85. The summed E-state index contributed by atoms with van der Waals surface area (Å²) in [5.41, 5.74) is 5.58. The molecule has 0 unspecified atom stereocenters. The first-order chi connectivity index (χ1) is 8.89. The van der Waals surface area contributed by atoms with Gasteiger partial charge in [-0.15, -0.1) is 0 Å². The van der Waals surface area contributed by atoms with Crippen LogP contribution >= 0.6 is 0 Å². The van der Waals surface area contributed by atoms with Crippen molar-refractivity contribution in [3.63, 3.8) is 0 Å². The molecule has 0 aliphatic heterocycles. The Morgan fingerprint density at radius 2 is 2.16 bits per heavy atom. The Morgan fingerprint density at radius 1 is 1.47 bits per heavy atom. The molecule has 0 bridgehead atoms. The van der Waals surface area contributed by atoms with Gasteiger partial charge in [-0.05, 0) is 12.1 Å². The molecule has 0 spiro atoms. The Kier molecular flexibility index (Phi) is 3.29. The van der Waals surface area contributed by atoms with E-state index in [0.717, 1.165) is 4.31 Å². The fraction of sp³-hybridized carbons (Fsp3) is 0.273. The van der Waals surface area contributed by atoms with Crippen molar-refractivity contribution in [3.8, 4) is 0 Å². The van der Waals surface area contributed by atoms with Crippen molar-refractivity contribution < 1.29 is 13.2 Å². The first-order valence-electron chi connectivity index (χ1n) is 5.63. The smallest absolute Gasteiger partial charge is 0.262 e. The maximum Gasteiger partial charge on any atom is 0.262 e. The van der Waals surface area contributed by atoms with Crippen molar-refractivity contribution in [2.75, 3.05) is 13.6 Å². The molecule has 102 valence electrons. The van der Waals surface area contributed by atoms with Gasteiger partial charge < -0.3 is 5.73 Å². The lowest BCUT2D eigenvalue weighted by atomic mass is 10.2. The molecule has 2 N–H and O–H groups in total. The Bertz CT molecular complexity index is 735. The van der Waals surface area contributed by atoms with Gasteiger partial charge in [0.25, 0.3) is 15.9 Å². The standard InChI is InChI=1S/C11H14N4O3S/c1-3-14(2)19(17,18)11-9(10(12)16)8-6-4-5-7-15(8)13-11/h4-7H,3H2,1-2H3,(H2,12,16). The molecule has 0 aromatic carbocycles. The van der Waals surface area contributed by atoms with Gasteiger partial charge in [-0.1, -0.05) is 13.0 Å². The molecule has 0 fully saturated rings.